The van der Waals surface area contributed by atoms with Gasteiger partial charge in [0.2, 0.25) is 0 Å². The van der Waals surface area contributed by atoms with Gasteiger partial charge in [0.25, 0.3) is 6.71 Å². The maximum absolute atomic E-state index is 10.4. The molecule has 3 heterocycles. The summed E-state index contributed by atoms with van der Waals surface area (Å²) in [4.78, 5) is 9.25. The van der Waals surface area contributed by atoms with Crippen molar-refractivity contribution in [2.45, 2.75) is 65.5 Å². The Labute approximate surface area is 564 Å². The molecule has 0 saturated carbocycles. The Morgan fingerprint density at radius 3 is 1.16 bits per heavy atom. The van der Waals surface area contributed by atoms with Crippen LogP contribution in [-0.2, 0) is 23.9 Å². The molecule has 0 aliphatic carbocycles. The number of nitriles is 1. The van der Waals surface area contributed by atoms with Gasteiger partial charge in [0.05, 0.1) is 34.9 Å². The van der Waals surface area contributed by atoms with E-state index in [9.17, 15) is 5.26 Å². The molecule has 13 aromatic carbocycles. The molecule has 0 saturated heterocycles. The Kier molecular flexibility index (Phi) is 14.6. The SMILES string of the molecule is [C-]#[N+]c1cccc(-c2ccc3c(c2)B2c4cc(-c5cccc(C#N)c5)ccc4N(Cc4c(-c5ccccc5)cc(C(C)(C)C)cc4-c4ccccc4)c4cc(-n5c6ccccc6c6ccccc65)cc(c42)N3Cc2c(-c3ccccc3)cc(C(C)(C)C)cc2-c2ccccc2)c1. The number of hydrogen-bond donors (Lipinski definition) is 0. The van der Waals surface area contributed by atoms with Crippen molar-refractivity contribution < 1.29 is 0 Å². The van der Waals surface area contributed by atoms with E-state index in [-0.39, 0.29) is 17.5 Å². The zero-order chi connectivity index (χ0) is 65.4. The normalized spacial score (nSPS) is 12.5. The molecule has 0 spiro atoms. The fourth-order valence-electron chi connectivity index (χ4n) is 15.1. The fourth-order valence-corrected chi connectivity index (χ4v) is 15.1. The van der Waals surface area contributed by atoms with E-state index in [1.165, 1.54) is 71.7 Å². The lowest BCUT2D eigenvalue weighted by molar-refractivity contribution is 0.590. The van der Waals surface area contributed by atoms with Crippen molar-refractivity contribution >= 4 is 73.3 Å². The second-order valence-corrected chi connectivity index (χ2v) is 27.8. The van der Waals surface area contributed by atoms with Crippen LogP contribution in [0.1, 0.15) is 69.4 Å². The fraction of sp³-hybridized carbons (Fsp3) is 0.111. The standard InChI is InChI=1S/C90H70BN5/c1-89(2,3)68-50-74(60-27-12-8-13-28-60)78(75(51-68)61-29-14-9-15-30-61)57-94-84-44-42-66(64-35-24-26-59(46-64)56-92)48-80(84)91-81-49-67(65-36-25-37-70(47-65)93-7)43-45-85(81)95(87-55-71(54-86(94)88(87)91)96-82-40-22-20-38-72(82)73-39-21-23-41-83(73)96)58-79-76(62-31-16-10-17-32-62)52-69(90(4,5)6)53-77(79)63-33-18-11-19-34-63/h8-55H,57-58H2,1-6H3. The lowest BCUT2D eigenvalue weighted by Crippen LogP contribution is -2.62. The number of benzene rings is 13. The molecule has 0 bridgehead atoms. The molecule has 6 heteroatoms. The highest BCUT2D eigenvalue weighted by Gasteiger charge is 2.44. The highest BCUT2D eigenvalue weighted by molar-refractivity contribution is 7.00. The maximum Gasteiger partial charge on any atom is 0.252 e. The lowest BCUT2D eigenvalue weighted by Gasteiger charge is -2.45. The first kappa shape index (κ1) is 59.3. The van der Waals surface area contributed by atoms with Crippen molar-refractivity contribution in [3.05, 3.63) is 330 Å². The predicted molar refractivity (Wildman–Crippen MR) is 404 cm³/mol. The molecule has 2 aliphatic heterocycles. The zero-order valence-corrected chi connectivity index (χ0v) is 54.9. The summed E-state index contributed by atoms with van der Waals surface area (Å²) in [6.07, 6.45) is 0. The van der Waals surface area contributed by atoms with Crippen LogP contribution in [0.25, 0.3) is 99.1 Å². The molecule has 14 aromatic rings. The van der Waals surface area contributed by atoms with Crippen LogP contribution in [0, 0.1) is 17.9 Å². The van der Waals surface area contributed by atoms with E-state index in [1.54, 1.807) is 0 Å². The first-order valence-electron chi connectivity index (χ1n) is 33.3. The summed E-state index contributed by atoms with van der Waals surface area (Å²) in [5.74, 6) is 0. The second kappa shape index (κ2) is 23.7. The molecule has 0 N–H and O–H groups in total. The Hall–Kier alpha value is -11.7. The maximum atomic E-state index is 10.4. The van der Waals surface area contributed by atoms with Crippen LogP contribution < -0.4 is 26.2 Å². The van der Waals surface area contributed by atoms with Gasteiger partial charge in [0.15, 0.2) is 5.69 Å². The van der Waals surface area contributed by atoms with Crippen molar-refractivity contribution in [3.8, 4) is 78.5 Å². The van der Waals surface area contributed by atoms with Crippen LogP contribution >= 0.6 is 0 Å². The number of nitrogens with zero attached hydrogens (tertiary/aromatic N) is 5. The third-order valence-corrected chi connectivity index (χ3v) is 19.9. The molecule has 0 atom stereocenters. The zero-order valence-electron chi connectivity index (χ0n) is 54.9. The Bertz CT molecular complexity index is 5010. The van der Waals surface area contributed by atoms with Gasteiger partial charge in [-0.1, -0.05) is 278 Å². The molecule has 96 heavy (non-hydrogen) atoms. The Balaban J connectivity index is 1.06. The number of fused-ring (bicyclic) bond motifs is 7. The highest BCUT2D eigenvalue weighted by Crippen LogP contribution is 2.48. The van der Waals surface area contributed by atoms with E-state index in [2.05, 4.69) is 322 Å². The third kappa shape index (κ3) is 10.4. The van der Waals surface area contributed by atoms with Crippen molar-refractivity contribution in [2.75, 3.05) is 9.80 Å². The molecule has 1 aromatic heterocycles. The topological polar surface area (TPSA) is 39.6 Å². The van der Waals surface area contributed by atoms with Gasteiger partial charge in [0.1, 0.15) is 0 Å². The van der Waals surface area contributed by atoms with E-state index in [1.807, 2.05) is 36.4 Å². The monoisotopic (exact) mass is 1230 g/mol. The molecule has 0 amide bonds. The molecular weight excluding hydrogens is 1160 g/mol. The summed E-state index contributed by atoms with van der Waals surface area (Å²) in [5, 5.41) is 12.8. The number of hydrogen-bond acceptors (Lipinski definition) is 3. The van der Waals surface area contributed by atoms with Crippen LogP contribution in [0.4, 0.5) is 28.4 Å². The van der Waals surface area contributed by atoms with E-state index in [0.29, 0.717) is 24.3 Å². The van der Waals surface area contributed by atoms with Crippen molar-refractivity contribution in [2.24, 2.45) is 0 Å². The minimum Gasteiger partial charge on any atom is -0.338 e. The summed E-state index contributed by atoms with van der Waals surface area (Å²) in [7, 11) is 0. The quantitative estimate of drug-likeness (QED) is 0.0957. The van der Waals surface area contributed by atoms with Crippen molar-refractivity contribution in [1.29, 1.82) is 5.26 Å². The van der Waals surface area contributed by atoms with Crippen LogP contribution in [0.2, 0.25) is 0 Å². The van der Waals surface area contributed by atoms with E-state index in [4.69, 9.17) is 6.57 Å². The van der Waals surface area contributed by atoms with Gasteiger partial charge in [-0.25, -0.2) is 4.85 Å². The summed E-state index contributed by atoms with van der Waals surface area (Å²) in [6.45, 7) is 22.9. The largest absolute Gasteiger partial charge is 0.338 e. The first-order chi connectivity index (χ1) is 46.8. The van der Waals surface area contributed by atoms with E-state index in [0.717, 1.165) is 84.0 Å². The van der Waals surface area contributed by atoms with Crippen LogP contribution in [-0.4, -0.2) is 11.3 Å². The summed E-state index contributed by atoms with van der Waals surface area (Å²) in [6, 6.07) is 109. The smallest absolute Gasteiger partial charge is 0.252 e. The van der Waals surface area contributed by atoms with Gasteiger partial charge in [-0.2, -0.15) is 5.26 Å². The average Bonchev–Trinajstić information content (AvgIpc) is 0.891. The minimum absolute atomic E-state index is 0.160. The van der Waals surface area contributed by atoms with Crippen LogP contribution in [0.5, 0.6) is 0 Å². The summed E-state index contributed by atoms with van der Waals surface area (Å²) in [5.41, 5.74) is 30.7. The molecule has 0 radical (unpaired) electrons. The van der Waals surface area contributed by atoms with Crippen LogP contribution in [0.15, 0.2) is 291 Å². The summed E-state index contributed by atoms with van der Waals surface area (Å²) >= 11 is 0. The lowest BCUT2D eigenvalue weighted by atomic mass is 9.33. The summed E-state index contributed by atoms with van der Waals surface area (Å²) < 4.78 is 2.50. The Morgan fingerprint density at radius 1 is 0.375 bits per heavy atom. The van der Waals surface area contributed by atoms with Gasteiger partial charge >= 0.3 is 0 Å². The minimum atomic E-state index is -0.293. The molecule has 0 fully saturated rings. The van der Waals surface area contributed by atoms with Crippen molar-refractivity contribution in [3.63, 3.8) is 0 Å². The molecule has 5 nitrogen and oxygen atoms in total. The number of para-hydroxylation sites is 2. The number of anilines is 4. The van der Waals surface area contributed by atoms with E-state index < -0.39 is 0 Å². The molecule has 2 aliphatic rings. The first-order valence-corrected chi connectivity index (χ1v) is 33.3. The molecular formula is C90H70BN5. The van der Waals surface area contributed by atoms with Gasteiger partial charge in [-0.05, 0) is 171 Å². The van der Waals surface area contributed by atoms with Gasteiger partial charge in [0, 0.05) is 46.6 Å². The van der Waals surface area contributed by atoms with Gasteiger partial charge in [-0.3, -0.25) is 0 Å². The van der Waals surface area contributed by atoms with Gasteiger partial charge in [-0.15, -0.1) is 0 Å². The number of aromatic nitrogens is 1. The molecule has 16 rings (SSSR count). The van der Waals surface area contributed by atoms with Crippen LogP contribution in [0.3, 0.4) is 0 Å². The highest BCUT2D eigenvalue weighted by atomic mass is 15.2. The Morgan fingerprint density at radius 2 is 0.750 bits per heavy atom. The van der Waals surface area contributed by atoms with E-state index >= 15 is 0 Å². The number of rotatable bonds is 11. The average molecular weight is 1230 g/mol. The third-order valence-electron chi connectivity index (χ3n) is 19.9. The van der Waals surface area contributed by atoms with Gasteiger partial charge < -0.3 is 14.4 Å². The van der Waals surface area contributed by atoms with Crippen molar-refractivity contribution in [1.82, 2.24) is 4.57 Å². The molecule has 458 valence electrons. The second-order valence-electron chi connectivity index (χ2n) is 27.8. The molecule has 0 unspecified atom stereocenters. The predicted octanol–water partition coefficient (Wildman–Crippen LogP) is 21.6.